The second kappa shape index (κ2) is 9.88. The van der Waals surface area contributed by atoms with Crippen molar-refractivity contribution in [2.75, 3.05) is 31.5 Å². The molecule has 1 amide bonds. The molecule has 0 radical (unpaired) electrons. The van der Waals surface area contributed by atoms with Crippen molar-refractivity contribution in [1.29, 1.82) is 0 Å². The van der Waals surface area contributed by atoms with Gasteiger partial charge >= 0.3 is 0 Å². The lowest BCUT2D eigenvalue weighted by atomic mass is 10.0. The quantitative estimate of drug-likeness (QED) is 0.355. The SMILES string of the molecule is CC(C)(C)N1CCN(Cc2ccc3cc(-c4ccccc4NC(=O)c4ccccc4F)oc3c2)CC1. The number of piperazine rings is 1. The van der Waals surface area contributed by atoms with Crippen molar-refractivity contribution in [3.63, 3.8) is 0 Å². The maximum atomic E-state index is 14.1. The topological polar surface area (TPSA) is 48.7 Å². The highest BCUT2D eigenvalue weighted by molar-refractivity contribution is 6.06. The molecule has 186 valence electrons. The van der Waals surface area contributed by atoms with Gasteiger partial charge in [0.1, 0.15) is 17.2 Å². The van der Waals surface area contributed by atoms with Crippen LogP contribution in [0.5, 0.6) is 0 Å². The number of carbonyl (C=O) groups is 1. The third-order valence-corrected chi connectivity index (χ3v) is 6.87. The Kier molecular flexibility index (Phi) is 6.65. The number of rotatable bonds is 5. The number of nitrogens with zero attached hydrogens (tertiary/aromatic N) is 2. The molecule has 0 aliphatic carbocycles. The molecule has 36 heavy (non-hydrogen) atoms. The van der Waals surface area contributed by atoms with E-state index >= 15 is 0 Å². The molecule has 3 aromatic carbocycles. The van der Waals surface area contributed by atoms with Crippen LogP contribution in [-0.4, -0.2) is 47.4 Å². The van der Waals surface area contributed by atoms with Crippen LogP contribution in [-0.2, 0) is 6.54 Å². The van der Waals surface area contributed by atoms with Gasteiger partial charge in [0, 0.05) is 49.2 Å². The second-order valence-corrected chi connectivity index (χ2v) is 10.4. The summed E-state index contributed by atoms with van der Waals surface area (Å²) >= 11 is 0. The molecule has 1 aromatic heterocycles. The van der Waals surface area contributed by atoms with Crippen molar-refractivity contribution in [2.24, 2.45) is 0 Å². The van der Waals surface area contributed by atoms with Crippen LogP contribution in [0.2, 0.25) is 0 Å². The molecule has 0 saturated carbocycles. The Morgan fingerprint density at radius 2 is 1.67 bits per heavy atom. The van der Waals surface area contributed by atoms with Crippen molar-refractivity contribution in [3.8, 4) is 11.3 Å². The Morgan fingerprint density at radius 3 is 2.42 bits per heavy atom. The van der Waals surface area contributed by atoms with Gasteiger partial charge in [-0.15, -0.1) is 0 Å². The summed E-state index contributed by atoms with van der Waals surface area (Å²) in [6, 6.07) is 21.7. The lowest BCUT2D eigenvalue weighted by Gasteiger charge is -2.42. The summed E-state index contributed by atoms with van der Waals surface area (Å²) in [7, 11) is 0. The molecular weight excluding hydrogens is 453 g/mol. The molecule has 5 rings (SSSR count). The average molecular weight is 486 g/mol. The largest absolute Gasteiger partial charge is 0.456 e. The van der Waals surface area contributed by atoms with Gasteiger partial charge in [0.15, 0.2) is 0 Å². The fourth-order valence-electron chi connectivity index (χ4n) is 4.78. The fraction of sp³-hybridized carbons (Fsp3) is 0.300. The number of nitrogens with one attached hydrogen (secondary N) is 1. The molecule has 1 aliphatic rings. The molecule has 6 heteroatoms. The number of para-hydroxylation sites is 1. The van der Waals surface area contributed by atoms with Gasteiger partial charge in [0.2, 0.25) is 0 Å². The van der Waals surface area contributed by atoms with Crippen LogP contribution in [0.25, 0.3) is 22.3 Å². The zero-order valence-corrected chi connectivity index (χ0v) is 21.1. The second-order valence-electron chi connectivity index (χ2n) is 10.4. The highest BCUT2D eigenvalue weighted by Crippen LogP contribution is 2.33. The van der Waals surface area contributed by atoms with Crippen molar-refractivity contribution in [2.45, 2.75) is 32.9 Å². The summed E-state index contributed by atoms with van der Waals surface area (Å²) in [5, 5.41) is 3.84. The van der Waals surface area contributed by atoms with E-state index in [0.717, 1.165) is 49.3 Å². The minimum atomic E-state index is -0.552. The first-order valence-electron chi connectivity index (χ1n) is 12.4. The Hall–Kier alpha value is -3.48. The molecule has 0 unspecified atom stereocenters. The van der Waals surface area contributed by atoms with Crippen LogP contribution in [0.15, 0.2) is 77.2 Å². The summed E-state index contributed by atoms with van der Waals surface area (Å²) < 4.78 is 20.3. The number of furan rings is 1. The van der Waals surface area contributed by atoms with Gasteiger partial charge in [0.25, 0.3) is 5.91 Å². The van der Waals surface area contributed by atoms with E-state index in [1.807, 2.05) is 24.3 Å². The normalized spacial score (nSPS) is 15.3. The number of hydrogen-bond donors (Lipinski definition) is 1. The Bertz CT molecular complexity index is 1380. The highest BCUT2D eigenvalue weighted by atomic mass is 19.1. The molecule has 4 aromatic rings. The van der Waals surface area contributed by atoms with Gasteiger partial charge < -0.3 is 9.73 Å². The molecule has 1 aliphatic heterocycles. The molecule has 2 heterocycles. The van der Waals surface area contributed by atoms with Gasteiger partial charge in [-0.2, -0.15) is 0 Å². The summed E-state index contributed by atoms with van der Waals surface area (Å²) in [5.41, 5.74) is 3.56. The predicted octanol–water partition coefficient (Wildman–Crippen LogP) is 6.41. The number of anilines is 1. The van der Waals surface area contributed by atoms with E-state index in [-0.39, 0.29) is 11.1 Å². The third kappa shape index (κ3) is 5.20. The van der Waals surface area contributed by atoms with Gasteiger partial charge in [-0.25, -0.2) is 4.39 Å². The smallest absolute Gasteiger partial charge is 0.258 e. The number of carbonyl (C=O) groups excluding carboxylic acids is 1. The first-order chi connectivity index (χ1) is 17.3. The van der Waals surface area contributed by atoms with E-state index in [2.05, 4.69) is 54.1 Å². The number of hydrogen-bond acceptors (Lipinski definition) is 4. The maximum Gasteiger partial charge on any atom is 0.258 e. The lowest BCUT2D eigenvalue weighted by molar-refractivity contribution is 0.0591. The molecule has 5 nitrogen and oxygen atoms in total. The first kappa shape index (κ1) is 24.2. The minimum Gasteiger partial charge on any atom is -0.456 e. The average Bonchev–Trinajstić information content (AvgIpc) is 3.28. The van der Waals surface area contributed by atoms with Gasteiger partial charge in [-0.05, 0) is 62.7 Å². The van der Waals surface area contributed by atoms with Crippen molar-refractivity contribution in [1.82, 2.24) is 9.80 Å². The predicted molar refractivity (Wildman–Crippen MR) is 143 cm³/mol. The maximum absolute atomic E-state index is 14.1. The van der Waals surface area contributed by atoms with Crippen LogP contribution in [0.4, 0.5) is 10.1 Å². The Balaban J connectivity index is 1.33. The summed E-state index contributed by atoms with van der Waals surface area (Å²) in [5.74, 6) is -0.389. The van der Waals surface area contributed by atoms with Crippen molar-refractivity contribution < 1.29 is 13.6 Å². The summed E-state index contributed by atoms with van der Waals surface area (Å²) in [6.07, 6.45) is 0. The summed E-state index contributed by atoms with van der Waals surface area (Å²) in [4.78, 5) is 17.7. The van der Waals surface area contributed by atoms with Crippen LogP contribution in [0.1, 0.15) is 36.7 Å². The zero-order valence-electron chi connectivity index (χ0n) is 21.1. The molecule has 1 fully saturated rings. The van der Waals surface area contributed by atoms with E-state index in [1.165, 1.54) is 17.7 Å². The molecule has 0 atom stereocenters. The van der Waals surface area contributed by atoms with Crippen LogP contribution < -0.4 is 5.32 Å². The molecule has 0 bridgehead atoms. The Labute approximate surface area is 211 Å². The van der Waals surface area contributed by atoms with Gasteiger partial charge in [-0.1, -0.05) is 36.4 Å². The van der Waals surface area contributed by atoms with Crippen LogP contribution in [0.3, 0.4) is 0 Å². The molecule has 1 saturated heterocycles. The zero-order chi connectivity index (χ0) is 25.3. The Morgan fingerprint density at radius 1 is 0.944 bits per heavy atom. The summed E-state index contributed by atoms with van der Waals surface area (Å²) in [6.45, 7) is 12.0. The van der Waals surface area contributed by atoms with Gasteiger partial charge in [0.05, 0.1) is 11.3 Å². The highest BCUT2D eigenvalue weighted by Gasteiger charge is 2.25. The van der Waals surface area contributed by atoms with Crippen molar-refractivity contribution in [3.05, 3.63) is 89.7 Å². The molecule has 0 spiro atoms. The van der Waals surface area contributed by atoms with Crippen LogP contribution in [0, 0.1) is 5.82 Å². The van der Waals surface area contributed by atoms with E-state index in [0.29, 0.717) is 11.4 Å². The van der Waals surface area contributed by atoms with Crippen LogP contribution >= 0.6 is 0 Å². The van der Waals surface area contributed by atoms with Gasteiger partial charge in [-0.3, -0.25) is 14.6 Å². The molecule has 1 N–H and O–H groups in total. The van der Waals surface area contributed by atoms with Crippen molar-refractivity contribution >= 4 is 22.6 Å². The third-order valence-electron chi connectivity index (χ3n) is 6.87. The minimum absolute atomic E-state index is 0.00452. The number of benzene rings is 3. The molecular formula is C30H32FN3O2. The lowest BCUT2D eigenvalue weighted by Crippen LogP contribution is -2.53. The fourth-order valence-corrected chi connectivity index (χ4v) is 4.78. The number of halogens is 1. The standard InChI is InChI=1S/C30H32FN3O2/c1-30(2,3)34-16-14-33(15-17-34)20-21-12-13-22-19-28(36-27(22)18-21)24-9-5-7-11-26(24)32-29(35)23-8-4-6-10-25(23)31/h4-13,18-19H,14-17,20H2,1-3H3,(H,32,35). The van der Waals surface area contributed by atoms with E-state index < -0.39 is 11.7 Å². The monoisotopic (exact) mass is 485 g/mol. The van der Waals surface area contributed by atoms with E-state index in [9.17, 15) is 9.18 Å². The number of amides is 1. The van der Waals surface area contributed by atoms with E-state index in [1.54, 1.807) is 18.2 Å². The van der Waals surface area contributed by atoms with E-state index in [4.69, 9.17) is 4.42 Å². The number of fused-ring (bicyclic) bond motifs is 1. The first-order valence-corrected chi connectivity index (χ1v) is 12.4.